The second-order valence-corrected chi connectivity index (χ2v) is 4.13. The molecular weight excluding hydrogens is 251 g/mol. The van der Waals surface area contributed by atoms with Crippen LogP contribution in [0.3, 0.4) is 0 Å². The van der Waals surface area contributed by atoms with Crippen molar-refractivity contribution in [2.45, 2.75) is 45.8 Å². The number of carbonyl (C=O) groups is 2. The number of ether oxygens (including phenoxy) is 1. The van der Waals surface area contributed by atoms with Gasteiger partial charge in [0, 0.05) is 12.3 Å². The fraction of sp³-hybridized carbons (Fsp3) is 0.818. The van der Waals surface area contributed by atoms with Crippen LogP contribution in [0.25, 0.3) is 0 Å². The number of hydrogen-bond acceptors (Lipinski definition) is 3. The maximum Gasteiger partial charge on any atom is 0.407 e. The first-order chi connectivity index (χ1) is 8.17. The Morgan fingerprint density at radius 3 is 2.22 bits per heavy atom. The van der Waals surface area contributed by atoms with Crippen LogP contribution in [0.1, 0.15) is 33.6 Å². The van der Waals surface area contributed by atoms with Gasteiger partial charge in [0.2, 0.25) is 0 Å². The second kappa shape index (κ2) is 7.23. The molecule has 7 heteroatoms. The Balaban J connectivity index is 4.53. The average Bonchev–Trinajstić information content (AvgIpc) is 2.22. The predicted octanol–water partition coefficient (Wildman–Crippen LogP) is 2.67. The van der Waals surface area contributed by atoms with Gasteiger partial charge in [0.1, 0.15) is 0 Å². The molecule has 0 aliphatic carbocycles. The van der Waals surface area contributed by atoms with Crippen LogP contribution in [-0.4, -0.2) is 30.7 Å². The van der Waals surface area contributed by atoms with E-state index < -0.39 is 42.9 Å². The normalized spacial score (nSPS) is 13.3. The van der Waals surface area contributed by atoms with Gasteiger partial charge < -0.3 is 10.1 Å². The first-order valence-corrected chi connectivity index (χ1v) is 5.71. The third-order valence-electron chi connectivity index (χ3n) is 2.20. The number of hydrogen-bond donors (Lipinski definition) is 1. The first kappa shape index (κ1) is 16.7. The van der Waals surface area contributed by atoms with Crippen molar-refractivity contribution in [3.8, 4) is 0 Å². The highest BCUT2D eigenvalue weighted by Crippen LogP contribution is 2.23. The summed E-state index contributed by atoms with van der Waals surface area (Å²) in [5.41, 5.74) is 0. The van der Waals surface area contributed by atoms with Crippen LogP contribution < -0.4 is 5.32 Å². The zero-order chi connectivity index (χ0) is 14.3. The molecule has 0 heterocycles. The molecule has 106 valence electrons. The summed E-state index contributed by atoms with van der Waals surface area (Å²) in [5.74, 6) is -0.891. The first-order valence-electron chi connectivity index (χ1n) is 5.71. The number of rotatable bonds is 6. The van der Waals surface area contributed by atoms with Gasteiger partial charge in [-0.25, -0.2) is 4.79 Å². The summed E-state index contributed by atoms with van der Waals surface area (Å²) in [4.78, 5) is 22.8. The molecule has 1 amide bonds. The van der Waals surface area contributed by atoms with Gasteiger partial charge in [-0.15, -0.1) is 0 Å². The largest absolute Gasteiger partial charge is 0.450 e. The molecule has 0 aliphatic rings. The van der Waals surface area contributed by atoms with Crippen molar-refractivity contribution >= 4 is 11.9 Å². The third kappa shape index (κ3) is 7.13. The van der Waals surface area contributed by atoms with Gasteiger partial charge in [-0.3, -0.25) is 4.79 Å². The minimum Gasteiger partial charge on any atom is -0.450 e. The average molecular weight is 269 g/mol. The molecule has 18 heavy (non-hydrogen) atoms. The number of nitrogens with one attached hydrogen (secondary N) is 1. The molecule has 0 spiro atoms. The molecule has 0 saturated heterocycles. The number of carbonyl (C=O) groups excluding carboxylic acids is 2. The smallest absolute Gasteiger partial charge is 0.407 e. The topological polar surface area (TPSA) is 55.4 Å². The summed E-state index contributed by atoms with van der Waals surface area (Å²) >= 11 is 0. The van der Waals surface area contributed by atoms with Gasteiger partial charge in [0.25, 0.3) is 0 Å². The van der Waals surface area contributed by atoms with Crippen molar-refractivity contribution in [1.82, 2.24) is 5.32 Å². The zero-order valence-corrected chi connectivity index (χ0v) is 10.6. The fourth-order valence-corrected chi connectivity index (χ4v) is 1.31. The lowest BCUT2D eigenvalue weighted by Crippen LogP contribution is -2.43. The summed E-state index contributed by atoms with van der Waals surface area (Å²) in [6.07, 6.45) is -6.83. The van der Waals surface area contributed by atoms with Crippen molar-refractivity contribution < 1.29 is 27.5 Å². The van der Waals surface area contributed by atoms with E-state index in [1.54, 1.807) is 20.8 Å². The zero-order valence-electron chi connectivity index (χ0n) is 10.6. The van der Waals surface area contributed by atoms with E-state index in [1.807, 2.05) is 0 Å². The van der Waals surface area contributed by atoms with Gasteiger partial charge >= 0.3 is 12.3 Å². The number of halogens is 3. The Morgan fingerprint density at radius 1 is 1.28 bits per heavy atom. The van der Waals surface area contributed by atoms with E-state index in [2.05, 4.69) is 10.1 Å². The van der Waals surface area contributed by atoms with Crippen molar-refractivity contribution in [2.24, 2.45) is 5.92 Å². The predicted molar refractivity (Wildman–Crippen MR) is 59.1 cm³/mol. The van der Waals surface area contributed by atoms with Crippen LogP contribution in [0.15, 0.2) is 0 Å². The summed E-state index contributed by atoms with van der Waals surface area (Å²) in [7, 11) is 0. The molecule has 0 fully saturated rings. The van der Waals surface area contributed by atoms with E-state index in [0.717, 1.165) is 0 Å². The molecule has 0 rings (SSSR count). The van der Waals surface area contributed by atoms with Gasteiger partial charge in [0.05, 0.1) is 12.6 Å². The van der Waals surface area contributed by atoms with E-state index in [-0.39, 0.29) is 6.61 Å². The number of Topliss-reactive ketones (excluding diaryl/α,β-unsaturated/α-hetero) is 1. The quantitative estimate of drug-likeness (QED) is 0.806. The number of alkyl carbamates (subject to hydrolysis) is 1. The molecular formula is C11H18F3NO3. The molecule has 0 saturated carbocycles. The number of amides is 1. The van der Waals surface area contributed by atoms with Crippen LogP contribution in [0.5, 0.6) is 0 Å². The van der Waals surface area contributed by atoms with Crippen LogP contribution in [0.4, 0.5) is 18.0 Å². The molecule has 0 aromatic carbocycles. The molecule has 1 atom stereocenters. The summed E-state index contributed by atoms with van der Waals surface area (Å²) in [5, 5.41) is 2.16. The molecule has 0 radical (unpaired) electrons. The van der Waals surface area contributed by atoms with E-state index >= 15 is 0 Å². The Morgan fingerprint density at radius 2 is 1.83 bits per heavy atom. The van der Waals surface area contributed by atoms with Crippen molar-refractivity contribution in [2.75, 3.05) is 6.61 Å². The lowest BCUT2D eigenvalue weighted by atomic mass is 9.98. The van der Waals surface area contributed by atoms with Crippen molar-refractivity contribution in [3.63, 3.8) is 0 Å². The maximum absolute atomic E-state index is 12.1. The Bertz CT molecular complexity index is 290. The minimum absolute atomic E-state index is 0.0910. The second-order valence-electron chi connectivity index (χ2n) is 4.13. The molecule has 0 aromatic heterocycles. The highest BCUT2D eigenvalue weighted by atomic mass is 19.4. The van der Waals surface area contributed by atoms with Crippen LogP contribution in [-0.2, 0) is 9.53 Å². The molecule has 4 nitrogen and oxygen atoms in total. The lowest BCUT2D eigenvalue weighted by Gasteiger charge is -2.19. The highest BCUT2D eigenvalue weighted by molar-refractivity contribution is 5.88. The van der Waals surface area contributed by atoms with E-state index in [4.69, 9.17) is 0 Å². The van der Waals surface area contributed by atoms with Gasteiger partial charge in [-0.1, -0.05) is 13.8 Å². The van der Waals surface area contributed by atoms with Crippen LogP contribution >= 0.6 is 0 Å². The Hall–Kier alpha value is -1.27. The number of ketones is 1. The highest BCUT2D eigenvalue weighted by Gasteiger charge is 2.32. The molecule has 0 bridgehead atoms. The standard InChI is InChI=1S/C11H18F3NO3/c1-4-18-10(17)15-8(9(16)7(2)3)5-6-11(12,13)14/h7-8H,4-6H2,1-3H3,(H,15,17). The van der Waals surface area contributed by atoms with Crippen LogP contribution in [0, 0.1) is 5.92 Å². The summed E-state index contributed by atoms with van der Waals surface area (Å²) in [6, 6.07) is -1.16. The lowest BCUT2D eigenvalue weighted by molar-refractivity contribution is -0.139. The monoisotopic (exact) mass is 269 g/mol. The van der Waals surface area contributed by atoms with Crippen molar-refractivity contribution in [1.29, 1.82) is 0 Å². The van der Waals surface area contributed by atoms with Gasteiger partial charge in [-0.2, -0.15) is 13.2 Å². The van der Waals surface area contributed by atoms with Crippen molar-refractivity contribution in [3.05, 3.63) is 0 Å². The third-order valence-corrected chi connectivity index (χ3v) is 2.20. The van der Waals surface area contributed by atoms with E-state index in [9.17, 15) is 22.8 Å². The molecule has 1 N–H and O–H groups in total. The Labute approximate surface area is 104 Å². The summed E-state index contributed by atoms with van der Waals surface area (Å²) < 4.78 is 40.9. The van der Waals surface area contributed by atoms with Crippen LogP contribution in [0.2, 0.25) is 0 Å². The van der Waals surface area contributed by atoms with Gasteiger partial charge in [0.15, 0.2) is 5.78 Å². The number of alkyl halides is 3. The minimum atomic E-state index is -4.36. The molecule has 1 unspecified atom stereocenters. The fourth-order valence-electron chi connectivity index (χ4n) is 1.31. The summed E-state index contributed by atoms with van der Waals surface area (Å²) in [6.45, 7) is 4.79. The van der Waals surface area contributed by atoms with E-state index in [0.29, 0.717) is 0 Å². The maximum atomic E-state index is 12.1. The van der Waals surface area contributed by atoms with E-state index in [1.165, 1.54) is 0 Å². The molecule has 0 aliphatic heterocycles. The molecule has 0 aromatic rings. The SMILES string of the molecule is CCOC(=O)NC(CCC(F)(F)F)C(=O)C(C)C. The Kier molecular flexibility index (Phi) is 6.72. The van der Waals surface area contributed by atoms with Gasteiger partial charge in [-0.05, 0) is 13.3 Å².